The molecule has 0 saturated carbocycles. The van der Waals surface area contributed by atoms with Crippen molar-refractivity contribution in [1.29, 1.82) is 0 Å². The van der Waals surface area contributed by atoms with Crippen LogP contribution in [0.3, 0.4) is 0 Å². The maximum atomic E-state index is 3.45. The summed E-state index contributed by atoms with van der Waals surface area (Å²) in [7, 11) is 0. The smallest absolute Gasteiger partial charge is 0.0296 e. The molecule has 2 rings (SSSR count). The Morgan fingerprint density at radius 1 is 1.20 bits per heavy atom. The van der Waals surface area contributed by atoms with Crippen LogP contribution in [0, 0.1) is 12.0 Å². The van der Waals surface area contributed by atoms with Crippen molar-refractivity contribution in [2.75, 3.05) is 19.6 Å². The number of rotatable bonds is 0. The molecule has 0 amide bonds. The van der Waals surface area contributed by atoms with Crippen LogP contribution in [0.2, 0.25) is 0 Å². The summed E-state index contributed by atoms with van der Waals surface area (Å²) in [6, 6.07) is 0. The number of hydrogen-bond acceptors (Lipinski definition) is 2. The van der Waals surface area contributed by atoms with E-state index in [9.17, 15) is 0 Å². The summed E-state index contributed by atoms with van der Waals surface area (Å²) >= 11 is 0. The van der Waals surface area contributed by atoms with Gasteiger partial charge in [0.2, 0.25) is 0 Å². The minimum atomic E-state index is 0.526. The molecule has 2 fully saturated rings. The molecule has 0 bridgehead atoms. The summed E-state index contributed by atoms with van der Waals surface area (Å²) in [6.45, 7) is 5.90. The standard InChI is InChI=1S/C8H15N2/c1-2-8(6-9-4-1)3-5-10-7-8/h7,9-10H,1-6H2. The molecular formula is C8H15N2. The van der Waals surface area contributed by atoms with Crippen molar-refractivity contribution in [3.05, 3.63) is 6.54 Å². The minimum absolute atomic E-state index is 0.526. The van der Waals surface area contributed by atoms with Gasteiger partial charge in [-0.1, -0.05) is 0 Å². The Bertz CT molecular complexity index is 108. The van der Waals surface area contributed by atoms with Crippen LogP contribution in [-0.4, -0.2) is 19.6 Å². The highest BCUT2D eigenvalue weighted by atomic mass is 15.0. The third-order valence-electron chi connectivity index (χ3n) is 2.68. The normalized spacial score (nSPS) is 40.8. The van der Waals surface area contributed by atoms with Crippen LogP contribution < -0.4 is 10.6 Å². The SMILES string of the molecule is [CH]1NCCC12CCCNC2. The lowest BCUT2D eigenvalue weighted by Crippen LogP contribution is -2.39. The van der Waals surface area contributed by atoms with Gasteiger partial charge in [-0.2, -0.15) is 0 Å². The summed E-state index contributed by atoms with van der Waals surface area (Å²) in [5.74, 6) is 0. The third-order valence-corrected chi connectivity index (χ3v) is 2.68. The van der Waals surface area contributed by atoms with Crippen molar-refractivity contribution in [2.24, 2.45) is 5.41 Å². The Labute approximate surface area is 62.4 Å². The maximum Gasteiger partial charge on any atom is 0.0296 e. The van der Waals surface area contributed by atoms with Crippen LogP contribution in [0.15, 0.2) is 0 Å². The quantitative estimate of drug-likeness (QED) is 0.511. The largest absolute Gasteiger partial charge is 0.316 e. The average molecular weight is 139 g/mol. The highest BCUT2D eigenvalue weighted by molar-refractivity contribution is 4.99. The Hall–Kier alpha value is -0.0800. The number of hydrogen-bond donors (Lipinski definition) is 2. The molecule has 2 aliphatic rings. The Balaban J connectivity index is 1.98. The van der Waals surface area contributed by atoms with E-state index in [0.717, 1.165) is 0 Å². The fraction of sp³-hybridized carbons (Fsp3) is 0.875. The lowest BCUT2D eigenvalue weighted by atomic mass is 9.80. The van der Waals surface area contributed by atoms with E-state index < -0.39 is 0 Å². The first kappa shape index (κ1) is 6.62. The number of nitrogens with one attached hydrogen (secondary N) is 2. The second-order valence-corrected chi connectivity index (χ2v) is 3.49. The van der Waals surface area contributed by atoms with E-state index in [0.29, 0.717) is 5.41 Å². The van der Waals surface area contributed by atoms with Gasteiger partial charge in [0.1, 0.15) is 0 Å². The van der Waals surface area contributed by atoms with E-state index in [1.165, 1.54) is 38.9 Å². The van der Waals surface area contributed by atoms with E-state index >= 15 is 0 Å². The Morgan fingerprint density at radius 2 is 2.20 bits per heavy atom. The molecule has 2 heterocycles. The molecule has 0 aromatic rings. The second kappa shape index (κ2) is 2.51. The van der Waals surface area contributed by atoms with E-state index in [1.54, 1.807) is 0 Å². The van der Waals surface area contributed by atoms with E-state index in [1.807, 2.05) is 0 Å². The van der Waals surface area contributed by atoms with Crippen molar-refractivity contribution in [3.8, 4) is 0 Å². The van der Waals surface area contributed by atoms with Gasteiger partial charge in [-0.3, -0.25) is 0 Å². The van der Waals surface area contributed by atoms with Gasteiger partial charge in [-0.15, -0.1) is 0 Å². The zero-order valence-corrected chi connectivity index (χ0v) is 6.32. The summed E-state index contributed by atoms with van der Waals surface area (Å²) < 4.78 is 0. The Morgan fingerprint density at radius 3 is 2.80 bits per heavy atom. The van der Waals surface area contributed by atoms with Gasteiger partial charge in [0.15, 0.2) is 0 Å². The predicted molar refractivity (Wildman–Crippen MR) is 41.5 cm³/mol. The molecule has 0 aromatic carbocycles. The zero-order chi connectivity index (χ0) is 6.86. The molecular weight excluding hydrogens is 124 g/mol. The average Bonchev–Trinajstić information content (AvgIpc) is 2.39. The van der Waals surface area contributed by atoms with E-state index in [-0.39, 0.29) is 0 Å². The molecule has 2 nitrogen and oxygen atoms in total. The summed E-state index contributed by atoms with van der Waals surface area (Å²) in [5, 5.41) is 6.76. The van der Waals surface area contributed by atoms with Crippen molar-refractivity contribution in [1.82, 2.24) is 10.6 Å². The van der Waals surface area contributed by atoms with Gasteiger partial charge in [0, 0.05) is 18.5 Å². The highest BCUT2D eigenvalue weighted by Gasteiger charge is 2.34. The molecule has 1 unspecified atom stereocenters. The fourth-order valence-electron chi connectivity index (χ4n) is 2.01. The molecule has 2 N–H and O–H groups in total. The van der Waals surface area contributed by atoms with Crippen molar-refractivity contribution in [2.45, 2.75) is 19.3 Å². The summed E-state index contributed by atoms with van der Waals surface area (Å²) in [4.78, 5) is 0. The molecule has 2 heteroatoms. The molecule has 2 saturated heterocycles. The van der Waals surface area contributed by atoms with Gasteiger partial charge >= 0.3 is 0 Å². The summed E-state index contributed by atoms with van der Waals surface area (Å²) in [5.41, 5.74) is 0.526. The molecule has 57 valence electrons. The molecule has 0 aromatic heterocycles. The third kappa shape index (κ3) is 1.06. The summed E-state index contributed by atoms with van der Waals surface area (Å²) in [6.07, 6.45) is 4.06. The van der Waals surface area contributed by atoms with Crippen LogP contribution in [0.25, 0.3) is 0 Å². The lowest BCUT2D eigenvalue weighted by Gasteiger charge is -2.32. The van der Waals surface area contributed by atoms with Crippen LogP contribution in [0.1, 0.15) is 19.3 Å². The number of piperidine rings is 1. The van der Waals surface area contributed by atoms with Gasteiger partial charge in [-0.25, -0.2) is 0 Å². The van der Waals surface area contributed by atoms with E-state index in [2.05, 4.69) is 17.2 Å². The van der Waals surface area contributed by atoms with Crippen LogP contribution in [0.5, 0.6) is 0 Å². The van der Waals surface area contributed by atoms with Crippen LogP contribution in [-0.2, 0) is 0 Å². The van der Waals surface area contributed by atoms with E-state index in [4.69, 9.17) is 0 Å². The molecule has 1 radical (unpaired) electrons. The molecule has 1 atom stereocenters. The van der Waals surface area contributed by atoms with Gasteiger partial charge in [0.05, 0.1) is 0 Å². The Kier molecular flexibility index (Phi) is 1.66. The first-order valence-electron chi connectivity index (χ1n) is 4.20. The van der Waals surface area contributed by atoms with Crippen molar-refractivity contribution in [3.63, 3.8) is 0 Å². The van der Waals surface area contributed by atoms with Gasteiger partial charge in [0.25, 0.3) is 0 Å². The monoisotopic (exact) mass is 139 g/mol. The molecule has 0 aliphatic carbocycles. The zero-order valence-electron chi connectivity index (χ0n) is 6.32. The predicted octanol–water partition coefficient (Wildman–Crippen LogP) is 0.511. The maximum absolute atomic E-state index is 3.45. The van der Waals surface area contributed by atoms with Gasteiger partial charge in [-0.05, 0) is 32.4 Å². The van der Waals surface area contributed by atoms with Crippen LogP contribution in [0.4, 0.5) is 0 Å². The second-order valence-electron chi connectivity index (χ2n) is 3.49. The molecule has 10 heavy (non-hydrogen) atoms. The van der Waals surface area contributed by atoms with Gasteiger partial charge < -0.3 is 10.6 Å². The lowest BCUT2D eigenvalue weighted by molar-refractivity contribution is 0.265. The topological polar surface area (TPSA) is 24.1 Å². The first-order chi connectivity index (χ1) is 4.91. The van der Waals surface area contributed by atoms with Crippen molar-refractivity contribution >= 4 is 0 Å². The van der Waals surface area contributed by atoms with Crippen molar-refractivity contribution < 1.29 is 0 Å². The molecule has 2 aliphatic heterocycles. The molecule has 1 spiro atoms. The van der Waals surface area contributed by atoms with Crippen LogP contribution >= 0.6 is 0 Å². The minimum Gasteiger partial charge on any atom is -0.316 e. The fourth-order valence-corrected chi connectivity index (χ4v) is 2.01. The highest BCUT2D eigenvalue weighted by Crippen LogP contribution is 2.34. The first-order valence-corrected chi connectivity index (χ1v) is 4.20.